The summed E-state index contributed by atoms with van der Waals surface area (Å²) in [6.07, 6.45) is 3.34. The fourth-order valence-corrected chi connectivity index (χ4v) is 4.56. The number of hydrogen-bond donors (Lipinski definition) is 1. The van der Waals surface area contributed by atoms with Crippen molar-refractivity contribution >= 4 is 5.91 Å². The van der Waals surface area contributed by atoms with Crippen LogP contribution < -0.4 is 0 Å². The number of oxazole rings is 1. The molecule has 2 atom stereocenters. The maximum Gasteiger partial charge on any atom is 0.254 e. The van der Waals surface area contributed by atoms with Crippen LogP contribution in [0.25, 0.3) is 0 Å². The van der Waals surface area contributed by atoms with Crippen LogP contribution in [0.15, 0.2) is 28.7 Å². The highest BCUT2D eigenvalue weighted by Gasteiger charge is 2.47. The van der Waals surface area contributed by atoms with Gasteiger partial charge in [0, 0.05) is 18.2 Å². The molecular formula is C24H29N3O3. The van der Waals surface area contributed by atoms with E-state index >= 15 is 0 Å². The Labute approximate surface area is 177 Å². The van der Waals surface area contributed by atoms with E-state index < -0.39 is 11.0 Å². The van der Waals surface area contributed by atoms with Gasteiger partial charge in [-0.2, -0.15) is 5.26 Å². The molecule has 1 aromatic carbocycles. The van der Waals surface area contributed by atoms with Crippen LogP contribution in [0.4, 0.5) is 0 Å². The number of aryl methyl sites for hydroxylation is 1. The van der Waals surface area contributed by atoms with Gasteiger partial charge in [-0.25, -0.2) is 4.98 Å². The number of aromatic nitrogens is 1. The van der Waals surface area contributed by atoms with Crippen molar-refractivity contribution in [1.82, 2.24) is 9.88 Å². The first-order valence-electron chi connectivity index (χ1n) is 10.7. The fourth-order valence-electron chi connectivity index (χ4n) is 4.56. The standard InChI is InChI=1S/C24H29N3O3/c1-15-9-10-17(21-26-20(16(2)30-21)23(3,4)29)13-27(15)22(28)18-7-5-6-8-19(18)24(14-25)11-12-24/h5-8,15,17,29H,9-13H2,1-4H3. The maximum atomic E-state index is 13.6. The lowest BCUT2D eigenvalue weighted by atomic mass is 9.89. The summed E-state index contributed by atoms with van der Waals surface area (Å²) in [7, 11) is 0. The molecular weight excluding hydrogens is 378 g/mol. The molecule has 1 saturated heterocycles. The quantitative estimate of drug-likeness (QED) is 0.821. The Bertz CT molecular complexity index is 1010. The van der Waals surface area contributed by atoms with Crippen LogP contribution in [0, 0.1) is 18.3 Å². The SMILES string of the molecule is Cc1oc(C2CCC(C)N(C(=O)c3ccccc3C3(C#N)CC3)C2)nc1C(C)(C)O. The van der Waals surface area contributed by atoms with E-state index in [1.165, 1.54) is 0 Å². The van der Waals surface area contributed by atoms with Crippen molar-refractivity contribution in [3.05, 3.63) is 52.7 Å². The smallest absolute Gasteiger partial charge is 0.254 e. The molecule has 2 fully saturated rings. The molecule has 0 bridgehead atoms. The molecule has 1 saturated carbocycles. The number of carbonyl (C=O) groups excluding carboxylic acids is 1. The van der Waals surface area contributed by atoms with Gasteiger partial charge < -0.3 is 14.4 Å². The van der Waals surface area contributed by atoms with Gasteiger partial charge >= 0.3 is 0 Å². The highest BCUT2D eigenvalue weighted by atomic mass is 16.4. The molecule has 158 valence electrons. The second-order valence-electron chi connectivity index (χ2n) is 9.34. The third-order valence-corrected chi connectivity index (χ3v) is 6.52. The predicted octanol–water partition coefficient (Wildman–Crippen LogP) is 4.17. The van der Waals surface area contributed by atoms with Gasteiger partial charge in [0.1, 0.15) is 17.1 Å². The zero-order valence-electron chi connectivity index (χ0n) is 18.1. The van der Waals surface area contributed by atoms with Crippen LogP contribution in [0.1, 0.15) is 85.6 Å². The van der Waals surface area contributed by atoms with Crippen LogP contribution in [-0.2, 0) is 11.0 Å². The Morgan fingerprint density at radius 3 is 2.63 bits per heavy atom. The molecule has 1 aliphatic heterocycles. The topological polar surface area (TPSA) is 90.4 Å². The molecule has 0 radical (unpaired) electrons. The monoisotopic (exact) mass is 407 g/mol. The highest BCUT2D eigenvalue weighted by molar-refractivity contribution is 5.96. The van der Waals surface area contributed by atoms with Crippen molar-refractivity contribution in [3.8, 4) is 6.07 Å². The first-order valence-corrected chi connectivity index (χ1v) is 10.7. The third kappa shape index (κ3) is 3.52. The van der Waals surface area contributed by atoms with Gasteiger partial charge in [0.05, 0.1) is 17.4 Å². The predicted molar refractivity (Wildman–Crippen MR) is 112 cm³/mol. The van der Waals surface area contributed by atoms with Crippen LogP contribution >= 0.6 is 0 Å². The number of hydrogen-bond acceptors (Lipinski definition) is 5. The van der Waals surface area contributed by atoms with E-state index in [0.717, 1.165) is 31.2 Å². The van der Waals surface area contributed by atoms with Gasteiger partial charge in [-0.15, -0.1) is 0 Å². The summed E-state index contributed by atoms with van der Waals surface area (Å²) in [6, 6.07) is 10.0. The summed E-state index contributed by atoms with van der Waals surface area (Å²) < 4.78 is 5.90. The fraction of sp³-hybridized carbons (Fsp3) is 0.542. The van der Waals surface area contributed by atoms with Crippen molar-refractivity contribution in [2.45, 2.75) is 76.4 Å². The summed E-state index contributed by atoms with van der Waals surface area (Å²) in [4.78, 5) is 20.0. The van der Waals surface area contributed by atoms with E-state index in [-0.39, 0.29) is 17.9 Å². The second-order valence-corrected chi connectivity index (χ2v) is 9.34. The number of piperidine rings is 1. The van der Waals surface area contributed by atoms with Crippen molar-refractivity contribution in [1.29, 1.82) is 5.26 Å². The van der Waals surface area contributed by atoms with Crippen molar-refractivity contribution in [2.75, 3.05) is 6.54 Å². The average Bonchev–Trinajstić information content (AvgIpc) is 3.41. The lowest BCUT2D eigenvalue weighted by Gasteiger charge is -2.37. The molecule has 6 heteroatoms. The number of nitrogens with zero attached hydrogens (tertiary/aromatic N) is 3. The largest absolute Gasteiger partial charge is 0.445 e. The first kappa shape index (κ1) is 20.6. The number of carbonyl (C=O) groups is 1. The zero-order valence-corrected chi connectivity index (χ0v) is 18.1. The highest BCUT2D eigenvalue weighted by Crippen LogP contribution is 2.49. The molecule has 4 rings (SSSR count). The average molecular weight is 408 g/mol. The Morgan fingerprint density at radius 2 is 2.03 bits per heavy atom. The molecule has 2 aliphatic rings. The molecule has 1 N–H and O–H groups in total. The molecule has 6 nitrogen and oxygen atoms in total. The van der Waals surface area contributed by atoms with Gasteiger partial charge in [-0.1, -0.05) is 18.2 Å². The number of amides is 1. The van der Waals surface area contributed by atoms with Gasteiger partial charge in [0.2, 0.25) is 0 Å². The van der Waals surface area contributed by atoms with Crippen LogP contribution in [0.5, 0.6) is 0 Å². The molecule has 1 aliphatic carbocycles. The minimum absolute atomic E-state index is 0.0158. The Hall–Kier alpha value is -2.65. The maximum absolute atomic E-state index is 13.6. The Kier molecular flexibility index (Phi) is 4.98. The number of aliphatic hydroxyl groups is 1. The van der Waals surface area contributed by atoms with E-state index in [1.807, 2.05) is 36.1 Å². The van der Waals surface area contributed by atoms with Gasteiger partial charge in [0.15, 0.2) is 5.89 Å². The van der Waals surface area contributed by atoms with Gasteiger partial charge in [-0.3, -0.25) is 4.79 Å². The molecule has 2 unspecified atom stereocenters. The number of benzene rings is 1. The molecule has 30 heavy (non-hydrogen) atoms. The molecule has 1 aromatic heterocycles. The molecule has 0 spiro atoms. The minimum Gasteiger partial charge on any atom is -0.445 e. The van der Waals surface area contributed by atoms with Crippen LogP contribution in [0.3, 0.4) is 0 Å². The van der Waals surface area contributed by atoms with Gasteiger partial charge in [0.25, 0.3) is 5.91 Å². The Balaban J connectivity index is 1.62. The first-order chi connectivity index (χ1) is 14.2. The number of rotatable bonds is 4. The zero-order chi connectivity index (χ0) is 21.7. The van der Waals surface area contributed by atoms with Crippen molar-refractivity contribution in [2.24, 2.45) is 0 Å². The van der Waals surface area contributed by atoms with Crippen molar-refractivity contribution in [3.63, 3.8) is 0 Å². The molecule has 1 amide bonds. The minimum atomic E-state index is -1.07. The van der Waals surface area contributed by atoms with E-state index in [1.54, 1.807) is 13.8 Å². The van der Waals surface area contributed by atoms with E-state index in [9.17, 15) is 15.2 Å². The van der Waals surface area contributed by atoms with Crippen molar-refractivity contribution < 1.29 is 14.3 Å². The molecule has 2 heterocycles. The Morgan fingerprint density at radius 1 is 1.33 bits per heavy atom. The summed E-state index contributed by atoms with van der Waals surface area (Å²) in [5.41, 5.74) is 0.446. The van der Waals surface area contributed by atoms with Gasteiger partial charge in [-0.05, 0) is 65.0 Å². The second kappa shape index (κ2) is 7.24. The third-order valence-electron chi connectivity index (χ3n) is 6.52. The van der Waals surface area contributed by atoms with E-state index in [4.69, 9.17) is 4.42 Å². The lowest BCUT2D eigenvalue weighted by molar-refractivity contribution is 0.0593. The van der Waals surface area contributed by atoms with Crippen LogP contribution in [0.2, 0.25) is 0 Å². The lowest BCUT2D eigenvalue weighted by Crippen LogP contribution is -2.45. The summed E-state index contributed by atoms with van der Waals surface area (Å²) >= 11 is 0. The summed E-state index contributed by atoms with van der Waals surface area (Å²) in [6.45, 7) is 7.78. The molecule has 2 aromatic rings. The summed E-state index contributed by atoms with van der Waals surface area (Å²) in [5, 5.41) is 20.0. The summed E-state index contributed by atoms with van der Waals surface area (Å²) in [5.74, 6) is 1.15. The normalized spacial score (nSPS) is 23.1. The number of nitriles is 1. The van der Waals surface area contributed by atoms with E-state index in [0.29, 0.717) is 29.5 Å². The number of likely N-dealkylation sites (tertiary alicyclic amines) is 1. The van der Waals surface area contributed by atoms with E-state index in [2.05, 4.69) is 18.0 Å². The van der Waals surface area contributed by atoms with Crippen LogP contribution in [-0.4, -0.2) is 33.5 Å².